The quantitative estimate of drug-likeness (QED) is 0.0821. The van der Waals surface area contributed by atoms with Gasteiger partial charge in [-0.15, -0.1) is 0 Å². The normalized spacial score (nSPS) is 26.5. The van der Waals surface area contributed by atoms with Crippen molar-refractivity contribution in [2.75, 3.05) is 6.61 Å². The molecule has 7 atom stereocenters. The molecule has 8 rings (SSSR count). The fraction of sp³-hybridized carbons (Fsp3) is 0.294. The first-order valence-electron chi connectivity index (χ1n) is 14.6. The van der Waals surface area contributed by atoms with Crippen molar-refractivity contribution >= 4 is 29.3 Å². The number of hydrogen-bond acceptors (Lipinski definition) is 8. The van der Waals surface area contributed by atoms with Gasteiger partial charge in [-0.1, -0.05) is 42.5 Å². The molecule has 5 aliphatic rings. The number of imide groups is 1. The van der Waals surface area contributed by atoms with E-state index >= 15 is 0 Å². The van der Waals surface area contributed by atoms with Gasteiger partial charge in [0.25, 0.3) is 5.69 Å². The van der Waals surface area contributed by atoms with E-state index in [-0.39, 0.29) is 41.3 Å². The third-order valence-corrected chi connectivity index (χ3v) is 9.36. The summed E-state index contributed by atoms with van der Waals surface area (Å²) in [5, 5.41) is 10.8. The molecule has 1 heterocycles. The molecule has 0 unspecified atom stereocenters. The zero-order valence-corrected chi connectivity index (χ0v) is 23.5. The van der Waals surface area contributed by atoms with E-state index in [1.165, 1.54) is 36.4 Å². The second-order valence-electron chi connectivity index (χ2n) is 11.8. The van der Waals surface area contributed by atoms with E-state index in [1.807, 2.05) is 30.3 Å². The number of non-ortho nitro benzene ring substituents is 1. The summed E-state index contributed by atoms with van der Waals surface area (Å²) in [5.74, 6) is -1.07. The van der Waals surface area contributed by atoms with E-state index in [4.69, 9.17) is 9.47 Å². The third-order valence-electron chi connectivity index (χ3n) is 9.36. The Morgan fingerprint density at radius 1 is 0.841 bits per heavy atom. The van der Waals surface area contributed by atoms with Crippen molar-refractivity contribution in [1.29, 1.82) is 0 Å². The maximum Gasteiger partial charge on any atom is 0.330 e. The van der Waals surface area contributed by atoms with E-state index in [9.17, 15) is 29.3 Å². The van der Waals surface area contributed by atoms with Gasteiger partial charge >= 0.3 is 5.97 Å². The predicted octanol–water partition coefficient (Wildman–Crippen LogP) is 4.78. The molecule has 0 aromatic heterocycles. The van der Waals surface area contributed by atoms with Crippen LogP contribution in [0.3, 0.4) is 0 Å². The molecule has 2 amide bonds. The first kappa shape index (κ1) is 27.7. The molecule has 2 saturated carbocycles. The lowest BCUT2D eigenvalue weighted by Gasteiger charge is -2.37. The number of amides is 2. The molecule has 4 aliphatic carbocycles. The smallest absolute Gasteiger partial charge is 0.330 e. The van der Waals surface area contributed by atoms with Gasteiger partial charge in [-0.2, -0.15) is 0 Å². The van der Waals surface area contributed by atoms with Crippen LogP contribution in [0, 0.1) is 45.6 Å². The molecule has 0 radical (unpaired) electrons. The number of benzene rings is 3. The highest BCUT2D eigenvalue weighted by atomic mass is 16.6. The van der Waals surface area contributed by atoms with E-state index < -0.39 is 41.2 Å². The Morgan fingerprint density at radius 3 is 1.98 bits per heavy atom. The maximum atomic E-state index is 13.8. The molecule has 1 aliphatic heterocycles. The highest BCUT2D eigenvalue weighted by molar-refractivity contribution is 6.09. The molecule has 10 nitrogen and oxygen atoms in total. The molecule has 2 bridgehead atoms. The molecule has 1 saturated heterocycles. The summed E-state index contributed by atoms with van der Waals surface area (Å²) >= 11 is 0. The minimum atomic E-state index is -1.18. The van der Waals surface area contributed by atoms with E-state index in [2.05, 4.69) is 12.2 Å². The standard InChI is InChI=1S/C34H28N2O8/c37-29(20-6-10-22(11-7-20)44-23-12-8-21(9-13-23)36(41)42)18-43-34(40)28(16-19-4-2-1-3-5-19)35-32(38)30-24-14-15-25(27-17-26(24)27)31(30)33(35)39/h1-15,24-28,30-31H,16-18H2/t24-,25-,26-,27+,28-,30-,31+/m0/s1. The van der Waals surface area contributed by atoms with Crippen molar-refractivity contribution in [2.24, 2.45) is 35.5 Å². The van der Waals surface area contributed by atoms with Crippen LogP contribution in [-0.4, -0.2) is 46.0 Å². The first-order valence-corrected chi connectivity index (χ1v) is 14.6. The van der Waals surface area contributed by atoms with Gasteiger partial charge in [-0.25, -0.2) is 4.79 Å². The predicted molar refractivity (Wildman–Crippen MR) is 155 cm³/mol. The highest BCUT2D eigenvalue weighted by Crippen LogP contribution is 2.65. The van der Waals surface area contributed by atoms with Gasteiger partial charge in [0.2, 0.25) is 11.8 Å². The van der Waals surface area contributed by atoms with E-state index in [0.717, 1.165) is 16.9 Å². The van der Waals surface area contributed by atoms with Crippen LogP contribution in [0.5, 0.6) is 11.5 Å². The van der Waals surface area contributed by atoms with Crippen molar-refractivity contribution < 1.29 is 33.6 Å². The number of nitrogens with zero attached hydrogens (tertiary/aromatic N) is 2. The number of rotatable bonds is 10. The van der Waals surface area contributed by atoms with Crippen molar-refractivity contribution in [3.63, 3.8) is 0 Å². The Kier molecular flexibility index (Phi) is 6.84. The average Bonchev–Trinajstić information content (AvgIpc) is 3.82. The molecular weight excluding hydrogens is 564 g/mol. The molecule has 44 heavy (non-hydrogen) atoms. The van der Waals surface area contributed by atoms with Crippen LogP contribution in [0.25, 0.3) is 0 Å². The highest BCUT2D eigenvalue weighted by Gasteiger charge is 2.68. The number of carbonyl (C=O) groups is 4. The van der Waals surface area contributed by atoms with Crippen LogP contribution >= 0.6 is 0 Å². The molecule has 3 aromatic rings. The number of nitro benzene ring substituents is 1. The van der Waals surface area contributed by atoms with Gasteiger partial charge in [-0.05, 0) is 72.1 Å². The Hall–Kier alpha value is -5.12. The Morgan fingerprint density at radius 2 is 1.41 bits per heavy atom. The lowest BCUT2D eigenvalue weighted by molar-refractivity contribution is -0.384. The van der Waals surface area contributed by atoms with Gasteiger partial charge < -0.3 is 9.47 Å². The van der Waals surface area contributed by atoms with Crippen LogP contribution in [0.4, 0.5) is 5.69 Å². The number of carbonyl (C=O) groups excluding carboxylic acids is 4. The number of ketones is 1. The number of esters is 1. The van der Waals surface area contributed by atoms with Crippen LogP contribution in [0.2, 0.25) is 0 Å². The Balaban J connectivity index is 1.04. The minimum absolute atomic E-state index is 0.0267. The number of hydrogen-bond donors (Lipinski definition) is 0. The zero-order valence-electron chi connectivity index (χ0n) is 23.5. The minimum Gasteiger partial charge on any atom is -0.457 e. The number of Topliss-reactive ketones (excluding diaryl/α,β-unsaturated/α-hetero) is 1. The maximum absolute atomic E-state index is 13.8. The summed E-state index contributed by atoms with van der Waals surface area (Å²) < 4.78 is 11.2. The summed E-state index contributed by atoms with van der Waals surface area (Å²) in [7, 11) is 0. The molecular formula is C34H28N2O8. The molecule has 222 valence electrons. The summed E-state index contributed by atoms with van der Waals surface area (Å²) in [4.78, 5) is 65.5. The SMILES string of the molecule is O=C(COC(=O)[C@H](Cc1ccccc1)N1C(=O)[C@@H]2[C@H]3C=C[C@@H]([C@@H]4C[C@H]34)[C@@H]2C1=O)c1ccc(Oc2ccc([N+](=O)[O-])cc2)cc1. The van der Waals surface area contributed by atoms with Gasteiger partial charge in [0, 0.05) is 24.1 Å². The lowest BCUT2D eigenvalue weighted by atomic mass is 9.63. The Labute approximate surface area is 252 Å². The molecule has 0 spiro atoms. The first-order chi connectivity index (χ1) is 21.3. The average molecular weight is 593 g/mol. The second-order valence-corrected chi connectivity index (χ2v) is 11.8. The van der Waals surface area contributed by atoms with Gasteiger partial charge in [0.1, 0.15) is 17.5 Å². The van der Waals surface area contributed by atoms with Crippen molar-refractivity contribution in [1.82, 2.24) is 4.90 Å². The van der Waals surface area contributed by atoms with Crippen molar-refractivity contribution in [2.45, 2.75) is 18.9 Å². The summed E-state index contributed by atoms with van der Waals surface area (Å²) in [6, 6.07) is 19.7. The third kappa shape index (κ3) is 4.86. The van der Waals surface area contributed by atoms with E-state index in [1.54, 1.807) is 12.1 Å². The zero-order chi connectivity index (χ0) is 30.5. The summed E-state index contributed by atoms with van der Waals surface area (Å²) in [6.45, 7) is -0.563. The molecule has 0 N–H and O–H groups in total. The number of ether oxygens (including phenoxy) is 2. The van der Waals surface area contributed by atoms with Crippen LogP contribution in [-0.2, 0) is 25.5 Å². The van der Waals surface area contributed by atoms with Crippen molar-refractivity contribution in [3.05, 3.63) is 112 Å². The summed E-state index contributed by atoms with van der Waals surface area (Å²) in [5.41, 5.74) is 0.981. The van der Waals surface area contributed by atoms with Gasteiger partial charge in [-0.3, -0.25) is 29.4 Å². The monoisotopic (exact) mass is 592 g/mol. The number of likely N-dealkylation sites (tertiary alicyclic amines) is 1. The summed E-state index contributed by atoms with van der Waals surface area (Å²) in [6.07, 6.45) is 5.30. The van der Waals surface area contributed by atoms with Gasteiger partial charge in [0.05, 0.1) is 16.8 Å². The van der Waals surface area contributed by atoms with E-state index in [0.29, 0.717) is 23.3 Å². The largest absolute Gasteiger partial charge is 0.457 e. The number of allylic oxidation sites excluding steroid dienone is 2. The fourth-order valence-electron chi connectivity index (χ4n) is 7.20. The van der Waals surface area contributed by atoms with Gasteiger partial charge in [0.15, 0.2) is 12.4 Å². The molecule has 10 heteroatoms. The van der Waals surface area contributed by atoms with Crippen molar-refractivity contribution in [3.8, 4) is 11.5 Å². The number of nitro groups is 1. The second kappa shape index (κ2) is 10.9. The topological polar surface area (TPSA) is 133 Å². The molecule has 3 aromatic carbocycles. The van der Waals surface area contributed by atoms with Crippen LogP contribution in [0.1, 0.15) is 22.3 Å². The van der Waals surface area contributed by atoms with Crippen LogP contribution < -0.4 is 4.74 Å². The lowest BCUT2D eigenvalue weighted by Crippen LogP contribution is -2.48. The fourth-order valence-corrected chi connectivity index (χ4v) is 7.20. The molecule has 3 fully saturated rings. The Bertz CT molecular complexity index is 1650. The van der Waals surface area contributed by atoms with Crippen LogP contribution in [0.15, 0.2) is 91.0 Å².